The molecule has 1 aliphatic heterocycles. The maximum absolute atomic E-state index is 13.4. The molecule has 0 amide bonds. The van der Waals surface area contributed by atoms with Gasteiger partial charge in [-0.1, -0.05) is 11.6 Å². The summed E-state index contributed by atoms with van der Waals surface area (Å²) >= 11 is 5.63. The highest BCUT2D eigenvalue weighted by Crippen LogP contribution is 2.26. The van der Waals surface area contributed by atoms with E-state index in [2.05, 4.69) is 17.2 Å². The van der Waals surface area contributed by atoms with E-state index >= 15 is 0 Å². The van der Waals surface area contributed by atoms with Gasteiger partial charge < -0.3 is 16.0 Å². The standard InChI is InChI=1S/C10H14ClFN4/c1-6-5-14-2-3-16(6)8-4-7(13)9(11)10(12)15-8/h4,6,14H,2-3,5H2,1H3,(H2,13,15)/t6-/m0/s1. The lowest BCUT2D eigenvalue weighted by molar-refractivity contribution is 0.492. The van der Waals surface area contributed by atoms with Crippen molar-refractivity contribution in [1.82, 2.24) is 10.3 Å². The van der Waals surface area contributed by atoms with Crippen LogP contribution >= 0.6 is 11.6 Å². The van der Waals surface area contributed by atoms with Gasteiger partial charge in [0.2, 0.25) is 5.95 Å². The summed E-state index contributed by atoms with van der Waals surface area (Å²) in [6, 6.07) is 1.88. The second-order valence-electron chi connectivity index (χ2n) is 3.92. The molecule has 0 saturated carbocycles. The maximum Gasteiger partial charge on any atom is 0.235 e. The third-order valence-electron chi connectivity index (χ3n) is 2.73. The molecule has 1 aliphatic rings. The fourth-order valence-corrected chi connectivity index (χ4v) is 1.93. The van der Waals surface area contributed by atoms with E-state index in [0.717, 1.165) is 19.6 Å². The van der Waals surface area contributed by atoms with E-state index in [4.69, 9.17) is 17.3 Å². The van der Waals surface area contributed by atoms with E-state index in [-0.39, 0.29) is 16.8 Å². The zero-order valence-electron chi connectivity index (χ0n) is 9.00. The predicted molar refractivity (Wildman–Crippen MR) is 63.3 cm³/mol. The number of rotatable bonds is 1. The van der Waals surface area contributed by atoms with E-state index in [9.17, 15) is 4.39 Å². The average molecular weight is 245 g/mol. The Bertz CT molecular complexity index is 375. The third kappa shape index (κ3) is 2.05. The van der Waals surface area contributed by atoms with Crippen LogP contribution in [-0.4, -0.2) is 30.7 Å². The Hall–Kier alpha value is -1.07. The van der Waals surface area contributed by atoms with Crippen molar-refractivity contribution < 1.29 is 4.39 Å². The Morgan fingerprint density at radius 1 is 1.69 bits per heavy atom. The molecule has 1 saturated heterocycles. The molecular formula is C10H14ClFN4. The van der Waals surface area contributed by atoms with Crippen molar-refractivity contribution in [1.29, 1.82) is 0 Å². The van der Waals surface area contributed by atoms with Gasteiger partial charge in [0.25, 0.3) is 0 Å². The normalized spacial score (nSPS) is 21.2. The van der Waals surface area contributed by atoms with Crippen molar-refractivity contribution in [3.8, 4) is 0 Å². The topological polar surface area (TPSA) is 54.2 Å². The average Bonchev–Trinajstić information content (AvgIpc) is 2.26. The highest BCUT2D eigenvalue weighted by Gasteiger charge is 2.21. The van der Waals surface area contributed by atoms with Crippen LogP contribution in [0.15, 0.2) is 6.07 Å². The smallest absolute Gasteiger partial charge is 0.235 e. The lowest BCUT2D eigenvalue weighted by Crippen LogP contribution is -2.50. The van der Waals surface area contributed by atoms with Crippen LogP contribution in [0.5, 0.6) is 0 Å². The first kappa shape index (κ1) is 11.4. The van der Waals surface area contributed by atoms with Gasteiger partial charge in [0.15, 0.2) is 0 Å². The minimum Gasteiger partial charge on any atom is -0.397 e. The van der Waals surface area contributed by atoms with Gasteiger partial charge in [-0.25, -0.2) is 4.98 Å². The lowest BCUT2D eigenvalue weighted by Gasteiger charge is -2.35. The van der Waals surface area contributed by atoms with Crippen LogP contribution in [0.25, 0.3) is 0 Å². The summed E-state index contributed by atoms with van der Waals surface area (Å²) in [6.45, 7) is 4.55. The highest BCUT2D eigenvalue weighted by atomic mass is 35.5. The molecule has 0 aromatic carbocycles. The fraction of sp³-hybridized carbons (Fsp3) is 0.500. The van der Waals surface area contributed by atoms with E-state index in [1.165, 1.54) is 0 Å². The maximum atomic E-state index is 13.4. The minimum atomic E-state index is -0.706. The van der Waals surface area contributed by atoms with Crippen molar-refractivity contribution >= 4 is 23.1 Å². The molecule has 2 heterocycles. The van der Waals surface area contributed by atoms with Crippen LogP contribution in [0, 0.1) is 5.95 Å². The molecule has 0 aliphatic carbocycles. The van der Waals surface area contributed by atoms with E-state index in [1.54, 1.807) is 6.07 Å². The van der Waals surface area contributed by atoms with Gasteiger partial charge in [-0.05, 0) is 6.92 Å². The molecule has 0 unspecified atom stereocenters. The number of nitrogens with zero attached hydrogens (tertiary/aromatic N) is 2. The second-order valence-corrected chi connectivity index (χ2v) is 4.30. The molecule has 0 radical (unpaired) electrons. The Balaban J connectivity index is 2.32. The number of anilines is 2. The number of nitrogens with one attached hydrogen (secondary N) is 1. The van der Waals surface area contributed by atoms with Crippen molar-refractivity contribution in [3.63, 3.8) is 0 Å². The summed E-state index contributed by atoms with van der Waals surface area (Å²) < 4.78 is 13.4. The monoisotopic (exact) mass is 244 g/mol. The van der Waals surface area contributed by atoms with E-state index < -0.39 is 5.95 Å². The van der Waals surface area contributed by atoms with Gasteiger partial charge in [0.1, 0.15) is 10.8 Å². The number of piperazine rings is 1. The van der Waals surface area contributed by atoms with Crippen molar-refractivity contribution in [2.75, 3.05) is 30.3 Å². The summed E-state index contributed by atoms with van der Waals surface area (Å²) in [7, 11) is 0. The first-order chi connectivity index (χ1) is 7.59. The fourth-order valence-electron chi connectivity index (χ4n) is 1.83. The molecule has 16 heavy (non-hydrogen) atoms. The first-order valence-electron chi connectivity index (χ1n) is 5.18. The lowest BCUT2D eigenvalue weighted by atomic mass is 10.2. The van der Waals surface area contributed by atoms with Crippen LogP contribution < -0.4 is 16.0 Å². The molecule has 88 valence electrons. The summed E-state index contributed by atoms with van der Waals surface area (Å²) in [6.07, 6.45) is 0. The molecule has 1 aromatic heterocycles. The summed E-state index contributed by atoms with van der Waals surface area (Å²) in [5.74, 6) is -0.157. The van der Waals surface area contributed by atoms with Gasteiger partial charge >= 0.3 is 0 Å². The predicted octanol–water partition coefficient (Wildman–Crippen LogP) is 1.25. The summed E-state index contributed by atoms with van der Waals surface area (Å²) in [5, 5.41) is 3.15. The molecular weight excluding hydrogens is 231 g/mol. The Morgan fingerprint density at radius 3 is 3.06 bits per heavy atom. The van der Waals surface area contributed by atoms with Crippen molar-refractivity contribution in [2.45, 2.75) is 13.0 Å². The van der Waals surface area contributed by atoms with Gasteiger partial charge in [-0.15, -0.1) is 0 Å². The number of hydrogen-bond acceptors (Lipinski definition) is 4. The van der Waals surface area contributed by atoms with Gasteiger partial charge in [-0.2, -0.15) is 4.39 Å². The number of pyridine rings is 1. The molecule has 0 bridgehead atoms. The van der Waals surface area contributed by atoms with Crippen molar-refractivity contribution in [2.24, 2.45) is 0 Å². The van der Waals surface area contributed by atoms with Crippen LogP contribution in [0.4, 0.5) is 15.9 Å². The Labute approximate surface area is 98.6 Å². The molecule has 1 aromatic rings. The molecule has 2 rings (SSSR count). The molecule has 1 fully saturated rings. The summed E-state index contributed by atoms with van der Waals surface area (Å²) in [4.78, 5) is 5.85. The zero-order chi connectivity index (χ0) is 11.7. The Morgan fingerprint density at radius 2 is 2.44 bits per heavy atom. The molecule has 1 atom stereocenters. The van der Waals surface area contributed by atoms with Crippen LogP contribution in [0.3, 0.4) is 0 Å². The Kier molecular flexibility index (Phi) is 3.16. The first-order valence-corrected chi connectivity index (χ1v) is 5.56. The van der Waals surface area contributed by atoms with Gasteiger partial charge in [0.05, 0.1) is 5.69 Å². The molecule has 6 heteroatoms. The second kappa shape index (κ2) is 4.43. The number of aromatic nitrogens is 1. The zero-order valence-corrected chi connectivity index (χ0v) is 9.76. The number of halogens is 2. The highest BCUT2D eigenvalue weighted by molar-refractivity contribution is 6.33. The quantitative estimate of drug-likeness (QED) is 0.731. The third-order valence-corrected chi connectivity index (χ3v) is 3.10. The summed E-state index contributed by atoms with van der Waals surface area (Å²) in [5.41, 5.74) is 5.85. The van der Waals surface area contributed by atoms with Gasteiger partial charge in [0, 0.05) is 31.7 Å². The van der Waals surface area contributed by atoms with E-state index in [1.807, 2.05) is 4.90 Å². The van der Waals surface area contributed by atoms with Gasteiger partial charge in [-0.3, -0.25) is 0 Å². The number of nitrogen functional groups attached to an aromatic ring is 1. The molecule has 3 N–H and O–H groups in total. The van der Waals surface area contributed by atoms with Crippen LogP contribution in [0.1, 0.15) is 6.92 Å². The van der Waals surface area contributed by atoms with Crippen LogP contribution in [0.2, 0.25) is 5.02 Å². The number of nitrogens with two attached hydrogens (primary N) is 1. The SMILES string of the molecule is C[C@H]1CNCCN1c1cc(N)c(Cl)c(F)n1. The van der Waals surface area contributed by atoms with E-state index in [0.29, 0.717) is 5.82 Å². The van der Waals surface area contributed by atoms with Crippen molar-refractivity contribution in [3.05, 3.63) is 17.0 Å². The molecule has 4 nitrogen and oxygen atoms in total. The largest absolute Gasteiger partial charge is 0.397 e. The number of hydrogen-bond donors (Lipinski definition) is 2. The minimum absolute atomic E-state index is 0.105. The van der Waals surface area contributed by atoms with Crippen LogP contribution in [-0.2, 0) is 0 Å². The molecule has 0 spiro atoms.